The molecule has 1 amide bonds. The Bertz CT molecular complexity index is 966. The van der Waals surface area contributed by atoms with E-state index in [1.165, 1.54) is 11.4 Å². The molecule has 0 saturated heterocycles. The molecule has 1 aromatic heterocycles. The molecule has 1 unspecified atom stereocenters. The first-order valence-electron chi connectivity index (χ1n) is 7.91. The van der Waals surface area contributed by atoms with Crippen LogP contribution in [0.1, 0.15) is 17.9 Å². The van der Waals surface area contributed by atoms with Crippen LogP contribution in [0.2, 0.25) is 10.0 Å². The van der Waals surface area contributed by atoms with E-state index in [1.807, 2.05) is 0 Å². The normalized spacial score (nSPS) is 19.0. The maximum Gasteiger partial charge on any atom is 0.417 e. The third-order valence-electron chi connectivity index (χ3n) is 3.90. The molecule has 1 aromatic carbocycles. The van der Waals surface area contributed by atoms with Crippen molar-refractivity contribution in [2.75, 3.05) is 5.75 Å². The van der Waals surface area contributed by atoms with E-state index in [9.17, 15) is 26.7 Å². The molecule has 30 heavy (non-hydrogen) atoms. The monoisotopic (exact) mass is 489 g/mol. The summed E-state index contributed by atoms with van der Waals surface area (Å²) in [5.41, 5.74) is -1.01. The minimum atomic E-state index is -4.79. The predicted octanol–water partition coefficient (Wildman–Crippen LogP) is 3.96. The number of hydrogen-bond acceptors (Lipinski definition) is 7. The second-order valence-electron chi connectivity index (χ2n) is 5.94. The van der Waals surface area contributed by atoms with Gasteiger partial charge in [0.2, 0.25) is 5.91 Å². The molecule has 0 aliphatic carbocycles. The van der Waals surface area contributed by atoms with Crippen molar-refractivity contribution in [2.24, 2.45) is 5.10 Å². The lowest BCUT2D eigenvalue weighted by molar-refractivity contribution is -0.196. The largest absolute Gasteiger partial charge is 0.417 e. The van der Waals surface area contributed by atoms with Gasteiger partial charge < -0.3 is 4.42 Å². The van der Waals surface area contributed by atoms with E-state index in [0.717, 1.165) is 12.1 Å². The number of carbonyl (C=O) groups is 1. The molecular weight excluding hydrogens is 480 g/mol. The van der Waals surface area contributed by atoms with Crippen LogP contribution in [0.25, 0.3) is 0 Å². The Labute approximate surface area is 179 Å². The number of carbonyl (C=O) groups excluding carboxylic acids is 1. The summed E-state index contributed by atoms with van der Waals surface area (Å²) in [4.78, 5) is 11.2. The number of aromatic nitrogens is 2. The van der Waals surface area contributed by atoms with Crippen LogP contribution in [-0.4, -0.2) is 40.3 Å². The van der Waals surface area contributed by atoms with Gasteiger partial charge in [-0.2, -0.15) is 27.1 Å². The summed E-state index contributed by atoms with van der Waals surface area (Å²) in [6.45, 7) is -3.02. The zero-order chi connectivity index (χ0) is 22.1. The minimum absolute atomic E-state index is 0.00919. The molecule has 2 aromatic rings. The topological polar surface area (TPSA) is 92.4 Å². The Morgan fingerprint density at radius 1 is 1.27 bits per heavy atom. The van der Waals surface area contributed by atoms with Crippen LogP contribution in [0.5, 0.6) is 0 Å². The molecular formula is C15H10Cl2F5N5O2S. The first kappa shape index (κ1) is 22.6. The lowest BCUT2D eigenvalue weighted by atomic mass is 9.85. The number of benzene rings is 1. The van der Waals surface area contributed by atoms with E-state index < -0.39 is 36.3 Å². The van der Waals surface area contributed by atoms with Crippen molar-refractivity contribution in [3.63, 3.8) is 0 Å². The van der Waals surface area contributed by atoms with E-state index in [1.54, 1.807) is 0 Å². The number of hydrazone groups is 1. The molecule has 3 rings (SSSR count). The highest BCUT2D eigenvalue weighted by molar-refractivity contribution is 7.99. The summed E-state index contributed by atoms with van der Waals surface area (Å²) in [7, 11) is 0. The van der Waals surface area contributed by atoms with Crippen LogP contribution in [0.3, 0.4) is 0 Å². The summed E-state index contributed by atoms with van der Waals surface area (Å²) >= 11 is 12.3. The number of halogens is 7. The number of nitrogens with one attached hydrogen (secondary N) is 2. The third kappa shape index (κ3) is 4.78. The van der Waals surface area contributed by atoms with Crippen molar-refractivity contribution in [1.29, 1.82) is 0 Å². The maximum absolute atomic E-state index is 14.0. The van der Waals surface area contributed by atoms with Crippen molar-refractivity contribution >= 4 is 46.6 Å². The van der Waals surface area contributed by atoms with Crippen molar-refractivity contribution in [3.05, 3.63) is 39.7 Å². The molecule has 0 bridgehead atoms. The van der Waals surface area contributed by atoms with Gasteiger partial charge in [0, 0.05) is 16.5 Å². The van der Waals surface area contributed by atoms with Crippen LogP contribution in [0, 0.1) is 0 Å². The quantitative estimate of drug-likeness (QED) is 0.362. The van der Waals surface area contributed by atoms with Gasteiger partial charge in [0.15, 0.2) is 5.54 Å². The molecule has 2 heterocycles. The van der Waals surface area contributed by atoms with Crippen molar-refractivity contribution in [3.8, 4) is 0 Å². The molecule has 0 fully saturated rings. The smallest absolute Gasteiger partial charge is 0.410 e. The summed E-state index contributed by atoms with van der Waals surface area (Å²) < 4.78 is 71.2. The fourth-order valence-electron chi connectivity index (χ4n) is 2.59. The number of alkyl halides is 5. The SMILES string of the molecule is O=C(CSc1nnc(C2=NNC(c3cc(Cl)cc(Cl)c3)(C(F)(F)F)C2)o1)NC(F)F. The van der Waals surface area contributed by atoms with Crippen LogP contribution < -0.4 is 10.7 Å². The summed E-state index contributed by atoms with van der Waals surface area (Å²) in [6.07, 6.45) is -5.50. The Hall–Kier alpha value is -2.12. The summed E-state index contributed by atoms with van der Waals surface area (Å²) in [5, 5.41) is 12.0. The average Bonchev–Trinajstić information content (AvgIpc) is 3.26. The van der Waals surface area contributed by atoms with Gasteiger partial charge in [-0.15, -0.1) is 10.2 Å². The first-order valence-corrected chi connectivity index (χ1v) is 9.65. The molecule has 0 saturated carbocycles. The molecule has 1 atom stereocenters. The van der Waals surface area contributed by atoms with Gasteiger partial charge in [-0.3, -0.25) is 15.5 Å². The second kappa shape index (κ2) is 8.55. The van der Waals surface area contributed by atoms with Gasteiger partial charge in [-0.05, 0) is 23.8 Å². The van der Waals surface area contributed by atoms with Gasteiger partial charge in [0.25, 0.3) is 11.1 Å². The molecule has 162 valence electrons. The summed E-state index contributed by atoms with van der Waals surface area (Å²) in [5.74, 6) is -1.76. The number of nitrogens with zero attached hydrogens (tertiary/aromatic N) is 3. The highest BCUT2D eigenvalue weighted by Gasteiger charge is 2.59. The van der Waals surface area contributed by atoms with Gasteiger partial charge in [-0.1, -0.05) is 35.0 Å². The van der Waals surface area contributed by atoms with Crippen LogP contribution in [0.15, 0.2) is 32.9 Å². The molecule has 15 heteroatoms. The Morgan fingerprint density at radius 3 is 2.53 bits per heavy atom. The fourth-order valence-corrected chi connectivity index (χ4v) is 3.69. The molecule has 0 spiro atoms. The van der Waals surface area contributed by atoms with Crippen LogP contribution in [0.4, 0.5) is 22.0 Å². The molecule has 2 N–H and O–H groups in total. The summed E-state index contributed by atoms with van der Waals surface area (Å²) in [6, 6.07) is 3.52. The molecule has 7 nitrogen and oxygen atoms in total. The second-order valence-corrected chi connectivity index (χ2v) is 7.74. The zero-order valence-electron chi connectivity index (χ0n) is 14.4. The van der Waals surface area contributed by atoms with Crippen LogP contribution in [-0.2, 0) is 10.3 Å². The molecule has 0 radical (unpaired) electrons. The number of hydrogen-bond donors (Lipinski definition) is 2. The van der Waals surface area contributed by atoms with E-state index in [0.29, 0.717) is 11.8 Å². The van der Waals surface area contributed by atoms with E-state index in [2.05, 4.69) is 20.7 Å². The highest BCUT2D eigenvalue weighted by atomic mass is 35.5. The number of thioether (sulfide) groups is 1. The zero-order valence-corrected chi connectivity index (χ0v) is 16.8. The van der Waals surface area contributed by atoms with E-state index >= 15 is 0 Å². The van der Waals surface area contributed by atoms with Gasteiger partial charge in [-0.25, -0.2) is 0 Å². The molecule has 1 aliphatic rings. The highest BCUT2D eigenvalue weighted by Crippen LogP contribution is 2.46. The maximum atomic E-state index is 14.0. The molecule has 1 aliphatic heterocycles. The average molecular weight is 490 g/mol. The van der Waals surface area contributed by atoms with E-state index in [-0.39, 0.29) is 32.4 Å². The van der Waals surface area contributed by atoms with Crippen molar-refractivity contribution in [2.45, 2.75) is 29.9 Å². The van der Waals surface area contributed by atoms with Gasteiger partial charge in [0.1, 0.15) is 5.71 Å². The number of amides is 1. The Balaban J connectivity index is 1.78. The van der Waals surface area contributed by atoms with Gasteiger partial charge >= 0.3 is 12.7 Å². The lowest BCUT2D eigenvalue weighted by Crippen LogP contribution is -2.49. The van der Waals surface area contributed by atoms with Crippen LogP contribution >= 0.6 is 35.0 Å². The van der Waals surface area contributed by atoms with Crippen molar-refractivity contribution in [1.82, 2.24) is 20.9 Å². The fraction of sp³-hybridized carbons (Fsp3) is 0.333. The van der Waals surface area contributed by atoms with Crippen molar-refractivity contribution < 1.29 is 31.2 Å². The van der Waals surface area contributed by atoms with Gasteiger partial charge in [0.05, 0.1) is 5.75 Å². The van der Waals surface area contributed by atoms with E-state index in [4.69, 9.17) is 27.6 Å². The standard InChI is InChI=1S/C15H10Cl2F5N5O2S/c16-7-1-6(2-8(17)3-7)14(15(20,21)22)4-9(24-27-14)11-25-26-13(29-11)30-5-10(28)23-12(18)19/h1-3,12,27H,4-5H2,(H,23,28). The first-order chi connectivity index (χ1) is 14.0. The Morgan fingerprint density at radius 2 is 1.93 bits per heavy atom. The third-order valence-corrected chi connectivity index (χ3v) is 5.16. The number of rotatable bonds is 6. The lowest BCUT2D eigenvalue weighted by Gasteiger charge is -2.31. The minimum Gasteiger partial charge on any atom is -0.410 e. The Kier molecular flexibility index (Phi) is 6.43. The predicted molar refractivity (Wildman–Crippen MR) is 97.7 cm³/mol.